The first-order chi connectivity index (χ1) is 10.7. The molecule has 0 radical (unpaired) electrons. The van der Waals surface area contributed by atoms with Crippen LogP contribution in [0.2, 0.25) is 0 Å². The number of hydrogen-bond acceptors (Lipinski definition) is 3. The molecule has 0 aromatic carbocycles. The summed E-state index contributed by atoms with van der Waals surface area (Å²) < 4.78 is 14.3. The molecule has 0 aliphatic carbocycles. The normalized spacial score (nSPS) is 10.8. The highest BCUT2D eigenvalue weighted by Gasteiger charge is 2.14. The minimum atomic E-state index is -1.21. The van der Waals surface area contributed by atoms with Crippen molar-refractivity contribution in [3.05, 3.63) is 49.1 Å². The van der Waals surface area contributed by atoms with Gasteiger partial charge in [0.1, 0.15) is 12.5 Å². The van der Waals surface area contributed by atoms with E-state index < -0.39 is 12.8 Å². The Balaban J connectivity index is 1.95. The van der Waals surface area contributed by atoms with Gasteiger partial charge in [0.2, 0.25) is 0 Å². The lowest BCUT2D eigenvalue weighted by Gasteiger charge is -2.17. The predicted molar refractivity (Wildman–Crippen MR) is 80.2 cm³/mol. The van der Waals surface area contributed by atoms with Gasteiger partial charge in [-0.15, -0.1) is 0 Å². The lowest BCUT2D eigenvalue weighted by atomic mass is 10.3. The number of aromatic nitrogens is 3. The van der Waals surface area contributed by atoms with Crippen molar-refractivity contribution in [2.45, 2.75) is 0 Å². The summed E-state index contributed by atoms with van der Waals surface area (Å²) in [5.74, 6) is 0.636. The first kappa shape index (κ1) is 14.0. The predicted octanol–water partition coefficient (Wildman–Crippen LogP) is 2.87. The van der Waals surface area contributed by atoms with E-state index in [9.17, 15) is 9.18 Å². The number of hydrogen-bond donors (Lipinski definition) is 1. The third kappa shape index (κ3) is 2.48. The van der Waals surface area contributed by atoms with E-state index in [1.807, 2.05) is 22.9 Å². The van der Waals surface area contributed by atoms with E-state index in [-0.39, 0.29) is 6.54 Å². The Morgan fingerprint density at radius 1 is 1.27 bits per heavy atom. The lowest BCUT2D eigenvalue weighted by Crippen LogP contribution is -2.31. The number of rotatable bonds is 4. The van der Waals surface area contributed by atoms with Gasteiger partial charge in [0.05, 0.1) is 30.1 Å². The van der Waals surface area contributed by atoms with E-state index in [0.29, 0.717) is 11.5 Å². The number of carboxylic acid groups (broad SMARTS) is 1. The molecule has 0 bridgehead atoms. The van der Waals surface area contributed by atoms with E-state index >= 15 is 0 Å². The Morgan fingerprint density at radius 2 is 2.14 bits per heavy atom. The summed E-state index contributed by atoms with van der Waals surface area (Å²) in [5, 5.41) is 10.1. The molecule has 0 saturated heterocycles. The van der Waals surface area contributed by atoms with Crippen LogP contribution >= 0.6 is 0 Å². The molecule has 0 aliphatic heterocycles. The lowest BCUT2D eigenvalue weighted by molar-refractivity contribution is 0.201. The van der Waals surface area contributed by atoms with E-state index in [2.05, 4.69) is 9.97 Å². The standard InChI is InChI=1S/C15H13FN4O2/c16-5-8-19(15(21)22)12-1-2-14(18-9-12)20-7-4-11-3-6-17-10-13(11)20/h1-4,6-7,9-10H,5,8H2,(H,21,22). The molecule has 0 saturated carbocycles. The van der Waals surface area contributed by atoms with Crippen LogP contribution < -0.4 is 4.90 Å². The fourth-order valence-corrected chi connectivity index (χ4v) is 2.27. The van der Waals surface area contributed by atoms with E-state index in [1.165, 1.54) is 6.20 Å². The molecule has 22 heavy (non-hydrogen) atoms. The summed E-state index contributed by atoms with van der Waals surface area (Å²) in [5.41, 5.74) is 1.24. The summed E-state index contributed by atoms with van der Waals surface area (Å²) in [7, 11) is 0. The Kier molecular flexibility index (Phi) is 3.69. The summed E-state index contributed by atoms with van der Waals surface area (Å²) in [6, 6.07) is 7.14. The van der Waals surface area contributed by atoms with E-state index in [0.717, 1.165) is 15.8 Å². The molecular weight excluding hydrogens is 287 g/mol. The van der Waals surface area contributed by atoms with Crippen molar-refractivity contribution >= 4 is 22.7 Å². The van der Waals surface area contributed by atoms with Gasteiger partial charge in [-0.1, -0.05) is 0 Å². The summed E-state index contributed by atoms with van der Waals surface area (Å²) in [6.45, 7) is -0.964. The number of fused-ring (bicyclic) bond motifs is 1. The highest BCUT2D eigenvalue weighted by Crippen LogP contribution is 2.20. The second-order valence-corrected chi connectivity index (χ2v) is 4.62. The third-order valence-electron chi connectivity index (χ3n) is 3.33. The molecule has 6 nitrogen and oxygen atoms in total. The fraction of sp³-hybridized carbons (Fsp3) is 0.133. The van der Waals surface area contributed by atoms with Crippen molar-refractivity contribution in [2.24, 2.45) is 0 Å². The molecule has 0 spiro atoms. The first-order valence-electron chi connectivity index (χ1n) is 6.64. The highest BCUT2D eigenvalue weighted by molar-refractivity contribution is 5.86. The third-order valence-corrected chi connectivity index (χ3v) is 3.33. The Hall–Kier alpha value is -2.96. The number of amides is 1. The maximum Gasteiger partial charge on any atom is 0.411 e. The van der Waals surface area contributed by atoms with Gasteiger partial charge < -0.3 is 5.11 Å². The molecule has 3 aromatic heterocycles. The van der Waals surface area contributed by atoms with Gasteiger partial charge in [0.15, 0.2) is 0 Å². The average molecular weight is 300 g/mol. The zero-order valence-electron chi connectivity index (χ0n) is 11.6. The van der Waals surface area contributed by atoms with Crippen LogP contribution in [0.1, 0.15) is 0 Å². The summed E-state index contributed by atoms with van der Waals surface area (Å²) in [4.78, 5) is 20.4. The van der Waals surface area contributed by atoms with Crippen LogP contribution in [0.5, 0.6) is 0 Å². The van der Waals surface area contributed by atoms with Crippen LogP contribution in [-0.2, 0) is 0 Å². The first-order valence-corrected chi connectivity index (χ1v) is 6.64. The number of halogens is 1. The van der Waals surface area contributed by atoms with Crippen molar-refractivity contribution in [3.63, 3.8) is 0 Å². The summed E-state index contributed by atoms with van der Waals surface area (Å²) in [6.07, 6.45) is 5.53. The van der Waals surface area contributed by atoms with Crippen LogP contribution in [0, 0.1) is 0 Å². The molecule has 3 aromatic rings. The number of alkyl halides is 1. The van der Waals surface area contributed by atoms with Crippen molar-refractivity contribution in [1.82, 2.24) is 14.5 Å². The molecule has 1 amide bonds. The van der Waals surface area contributed by atoms with Crippen LogP contribution in [-0.4, -0.2) is 39.0 Å². The van der Waals surface area contributed by atoms with Gasteiger partial charge in [-0.3, -0.25) is 14.5 Å². The van der Waals surface area contributed by atoms with Crippen LogP contribution in [0.3, 0.4) is 0 Å². The Morgan fingerprint density at radius 3 is 2.82 bits per heavy atom. The smallest absolute Gasteiger partial charge is 0.411 e. The zero-order chi connectivity index (χ0) is 15.5. The largest absolute Gasteiger partial charge is 0.465 e. The van der Waals surface area contributed by atoms with E-state index in [1.54, 1.807) is 24.5 Å². The maximum atomic E-state index is 12.4. The molecule has 3 rings (SSSR count). The fourth-order valence-electron chi connectivity index (χ4n) is 2.27. The van der Waals surface area contributed by atoms with Crippen LogP contribution in [0.4, 0.5) is 14.9 Å². The molecule has 1 N–H and O–H groups in total. The summed E-state index contributed by atoms with van der Waals surface area (Å²) >= 11 is 0. The zero-order valence-corrected chi connectivity index (χ0v) is 11.6. The van der Waals surface area contributed by atoms with Crippen LogP contribution in [0.15, 0.2) is 49.1 Å². The van der Waals surface area contributed by atoms with Gasteiger partial charge in [-0.05, 0) is 24.3 Å². The SMILES string of the molecule is O=C(O)N(CCF)c1ccc(-n2ccc3ccncc32)nc1. The number of nitrogens with zero attached hydrogens (tertiary/aromatic N) is 4. The van der Waals surface area contributed by atoms with Crippen molar-refractivity contribution in [3.8, 4) is 5.82 Å². The van der Waals surface area contributed by atoms with E-state index in [4.69, 9.17) is 5.11 Å². The molecule has 0 fully saturated rings. The van der Waals surface area contributed by atoms with Gasteiger partial charge in [0.25, 0.3) is 0 Å². The second-order valence-electron chi connectivity index (χ2n) is 4.62. The number of pyridine rings is 2. The van der Waals surface area contributed by atoms with Crippen molar-refractivity contribution in [2.75, 3.05) is 18.1 Å². The quantitative estimate of drug-likeness (QED) is 0.804. The van der Waals surface area contributed by atoms with Gasteiger partial charge in [-0.25, -0.2) is 14.2 Å². The van der Waals surface area contributed by atoms with Crippen molar-refractivity contribution < 1.29 is 14.3 Å². The molecule has 0 aliphatic rings. The molecule has 0 atom stereocenters. The molecule has 3 heterocycles. The van der Waals surface area contributed by atoms with Crippen molar-refractivity contribution in [1.29, 1.82) is 0 Å². The minimum absolute atomic E-state index is 0.216. The Labute approximate surface area is 125 Å². The monoisotopic (exact) mass is 300 g/mol. The van der Waals surface area contributed by atoms with Gasteiger partial charge in [-0.2, -0.15) is 0 Å². The Bertz CT molecular complexity index is 801. The number of carbonyl (C=O) groups is 1. The molecule has 112 valence electrons. The maximum absolute atomic E-state index is 12.4. The minimum Gasteiger partial charge on any atom is -0.465 e. The second kappa shape index (κ2) is 5.80. The topological polar surface area (TPSA) is 71.2 Å². The molecule has 0 unspecified atom stereocenters. The molecular formula is C15H13FN4O2. The van der Waals surface area contributed by atoms with Gasteiger partial charge >= 0.3 is 6.09 Å². The van der Waals surface area contributed by atoms with Gasteiger partial charge in [0, 0.05) is 17.8 Å². The van der Waals surface area contributed by atoms with Crippen LogP contribution in [0.25, 0.3) is 16.7 Å². The number of anilines is 1. The molecule has 7 heteroatoms. The highest BCUT2D eigenvalue weighted by atomic mass is 19.1. The average Bonchev–Trinajstić information content (AvgIpc) is 2.96.